The van der Waals surface area contributed by atoms with Crippen LogP contribution < -0.4 is 20.3 Å². The van der Waals surface area contributed by atoms with Crippen LogP contribution in [0.25, 0.3) is 10.9 Å². The lowest BCUT2D eigenvalue weighted by Gasteiger charge is -2.37. The van der Waals surface area contributed by atoms with E-state index in [2.05, 4.69) is 32.9 Å². The maximum Gasteiger partial charge on any atom is 0.256 e. The van der Waals surface area contributed by atoms with Gasteiger partial charge in [-0.1, -0.05) is 30.3 Å². The molecule has 0 aliphatic carbocycles. The van der Waals surface area contributed by atoms with Crippen LogP contribution >= 0.6 is 0 Å². The summed E-state index contributed by atoms with van der Waals surface area (Å²) in [7, 11) is 5.37. The number of pyridine rings is 1. The molecule has 9 nitrogen and oxygen atoms in total. The highest BCUT2D eigenvalue weighted by molar-refractivity contribution is 6.08. The van der Waals surface area contributed by atoms with Crippen LogP contribution in [0.3, 0.4) is 0 Å². The van der Waals surface area contributed by atoms with E-state index in [4.69, 9.17) is 14.2 Å². The summed E-state index contributed by atoms with van der Waals surface area (Å²) in [6.45, 7) is 6.95. The molecule has 1 fully saturated rings. The minimum absolute atomic E-state index is 0.0731. The molecule has 2 atom stereocenters. The summed E-state index contributed by atoms with van der Waals surface area (Å²) in [4.78, 5) is 31.4. The van der Waals surface area contributed by atoms with Gasteiger partial charge in [0.25, 0.3) is 11.5 Å². The molecule has 5 rings (SSSR count). The van der Waals surface area contributed by atoms with Crippen molar-refractivity contribution in [2.24, 2.45) is 5.92 Å². The van der Waals surface area contributed by atoms with Gasteiger partial charge in [-0.3, -0.25) is 9.59 Å². The zero-order valence-corrected chi connectivity index (χ0v) is 25.7. The number of amides is 1. The molecule has 0 spiro atoms. The molecular formula is C34H42N4O5. The molecule has 1 amide bonds. The van der Waals surface area contributed by atoms with E-state index in [1.165, 1.54) is 7.11 Å². The number of aromatic amines is 1. The summed E-state index contributed by atoms with van der Waals surface area (Å²) in [5, 5.41) is 3.89. The molecule has 0 saturated carbocycles. The van der Waals surface area contributed by atoms with Crippen molar-refractivity contribution in [1.82, 2.24) is 19.8 Å². The second kappa shape index (κ2) is 13.5. The highest BCUT2D eigenvalue weighted by Crippen LogP contribution is 2.31. The smallest absolute Gasteiger partial charge is 0.256 e. The average Bonchev–Trinajstić information content (AvgIpc) is 3.28. The zero-order chi connectivity index (χ0) is 30.5. The molecule has 0 bridgehead atoms. The van der Waals surface area contributed by atoms with Gasteiger partial charge in [0.1, 0.15) is 11.5 Å². The molecule has 2 unspecified atom stereocenters. The SMILES string of the molecule is COc1ccc(COCC2CC(Cn3c(C)c(C(=O)NCc4c(OC)cc(C)[nH]c4=O)c4ccccc43)CCN2C)cc1. The van der Waals surface area contributed by atoms with Crippen molar-refractivity contribution in [3.8, 4) is 11.5 Å². The molecule has 9 heteroatoms. The summed E-state index contributed by atoms with van der Waals surface area (Å²) in [5.41, 5.74) is 4.58. The normalized spacial score (nSPS) is 17.2. The third-order valence-corrected chi connectivity index (χ3v) is 8.63. The molecule has 228 valence electrons. The Labute approximate surface area is 252 Å². The Bertz CT molecular complexity index is 1620. The van der Waals surface area contributed by atoms with Gasteiger partial charge in [0, 0.05) is 34.9 Å². The number of methoxy groups -OCH3 is 2. The van der Waals surface area contributed by atoms with Crippen molar-refractivity contribution in [2.45, 2.75) is 52.4 Å². The van der Waals surface area contributed by atoms with Gasteiger partial charge < -0.3 is 34.0 Å². The highest BCUT2D eigenvalue weighted by atomic mass is 16.5. The number of likely N-dealkylation sites (tertiary alicyclic amines) is 1. The van der Waals surface area contributed by atoms with Gasteiger partial charge in [-0.05, 0) is 76.0 Å². The molecule has 2 aromatic heterocycles. The number of hydrogen-bond donors (Lipinski definition) is 2. The molecule has 0 radical (unpaired) electrons. The molecule has 1 aliphatic rings. The standard InChI is InChI=1S/C34H42N4O5/c1-22-16-31(42-5)29(33(39)36-22)18-35-34(40)32-23(2)38(30-9-7-6-8-28(30)32)19-25-14-15-37(3)26(17-25)21-43-20-24-10-12-27(41-4)13-11-24/h6-13,16,25-26H,14-15,17-21H2,1-5H3,(H,35,40)(H,36,39). The number of hydrogen-bond acceptors (Lipinski definition) is 6. The van der Waals surface area contributed by atoms with Crippen LogP contribution in [0.15, 0.2) is 59.4 Å². The number of fused-ring (bicyclic) bond motifs is 1. The van der Waals surface area contributed by atoms with Gasteiger partial charge in [0.15, 0.2) is 0 Å². The second-order valence-electron chi connectivity index (χ2n) is 11.5. The van der Waals surface area contributed by atoms with Crippen molar-refractivity contribution < 1.29 is 19.0 Å². The third kappa shape index (κ3) is 6.78. The van der Waals surface area contributed by atoms with Gasteiger partial charge in [-0.25, -0.2) is 0 Å². The number of aryl methyl sites for hydroxylation is 1. The molecule has 2 N–H and O–H groups in total. The van der Waals surface area contributed by atoms with Crippen molar-refractivity contribution >= 4 is 16.8 Å². The average molecular weight is 587 g/mol. The van der Waals surface area contributed by atoms with Gasteiger partial charge >= 0.3 is 0 Å². The fourth-order valence-electron chi connectivity index (χ4n) is 6.15. The van der Waals surface area contributed by atoms with Crippen LogP contribution in [-0.4, -0.2) is 60.8 Å². The summed E-state index contributed by atoms with van der Waals surface area (Å²) >= 11 is 0. The molecule has 1 saturated heterocycles. The summed E-state index contributed by atoms with van der Waals surface area (Å²) in [6.07, 6.45) is 2.09. The minimum atomic E-state index is -0.263. The van der Waals surface area contributed by atoms with E-state index >= 15 is 0 Å². The monoisotopic (exact) mass is 586 g/mol. The number of carbonyl (C=O) groups is 1. The third-order valence-electron chi connectivity index (χ3n) is 8.63. The summed E-state index contributed by atoms with van der Waals surface area (Å²) < 4.78 is 19.1. The number of nitrogens with one attached hydrogen (secondary N) is 2. The number of aromatic nitrogens is 2. The van der Waals surface area contributed by atoms with Crippen molar-refractivity contribution in [3.63, 3.8) is 0 Å². The fraction of sp³-hybridized carbons (Fsp3) is 0.412. The van der Waals surface area contributed by atoms with Crippen LogP contribution in [0.4, 0.5) is 0 Å². The maximum absolute atomic E-state index is 13.6. The lowest BCUT2D eigenvalue weighted by Crippen LogP contribution is -2.43. The Hall–Kier alpha value is -4.08. The summed E-state index contributed by atoms with van der Waals surface area (Å²) in [5.74, 6) is 1.55. The number of likely N-dealkylation sites (N-methyl/N-ethyl adjacent to an activating group) is 1. The van der Waals surface area contributed by atoms with Crippen molar-refractivity contribution in [3.05, 3.63) is 93.0 Å². The number of nitrogens with zero attached hydrogens (tertiary/aromatic N) is 2. The van der Waals surface area contributed by atoms with Crippen molar-refractivity contribution in [2.75, 3.05) is 34.4 Å². The molecule has 2 aromatic carbocycles. The van der Waals surface area contributed by atoms with Crippen LogP contribution in [0.1, 0.15) is 45.7 Å². The number of H-pyrrole nitrogens is 1. The number of ether oxygens (including phenoxy) is 3. The van der Waals surface area contributed by atoms with E-state index < -0.39 is 0 Å². The molecule has 3 heterocycles. The van der Waals surface area contributed by atoms with E-state index in [-0.39, 0.29) is 18.0 Å². The minimum Gasteiger partial charge on any atom is -0.497 e. The Morgan fingerprint density at radius 2 is 1.84 bits per heavy atom. The zero-order valence-electron chi connectivity index (χ0n) is 25.7. The maximum atomic E-state index is 13.6. The van der Waals surface area contributed by atoms with Crippen LogP contribution in [0, 0.1) is 19.8 Å². The van der Waals surface area contributed by atoms with Gasteiger partial charge in [0.05, 0.1) is 45.1 Å². The lowest BCUT2D eigenvalue weighted by molar-refractivity contribution is 0.0282. The van der Waals surface area contributed by atoms with E-state index in [0.29, 0.717) is 47.7 Å². The first-order valence-electron chi connectivity index (χ1n) is 14.8. The molecule has 1 aliphatic heterocycles. The molecule has 4 aromatic rings. The predicted octanol–water partition coefficient (Wildman–Crippen LogP) is 4.82. The number of para-hydroxylation sites is 1. The lowest BCUT2D eigenvalue weighted by atomic mass is 9.91. The van der Waals surface area contributed by atoms with Gasteiger partial charge in [-0.2, -0.15) is 0 Å². The Kier molecular flexibility index (Phi) is 9.52. The van der Waals surface area contributed by atoms with E-state index in [1.807, 2.05) is 49.4 Å². The van der Waals surface area contributed by atoms with E-state index in [9.17, 15) is 9.59 Å². The molecular weight excluding hydrogens is 544 g/mol. The summed E-state index contributed by atoms with van der Waals surface area (Å²) in [6, 6.07) is 18.1. The van der Waals surface area contributed by atoms with Crippen LogP contribution in [0.5, 0.6) is 11.5 Å². The first-order valence-corrected chi connectivity index (χ1v) is 14.8. The Balaban J connectivity index is 1.28. The first-order chi connectivity index (χ1) is 20.8. The van der Waals surface area contributed by atoms with Gasteiger partial charge in [-0.15, -0.1) is 0 Å². The van der Waals surface area contributed by atoms with Gasteiger partial charge in [0.2, 0.25) is 0 Å². The number of rotatable bonds is 11. The van der Waals surface area contributed by atoms with E-state index in [1.54, 1.807) is 20.1 Å². The molecule has 43 heavy (non-hydrogen) atoms. The Morgan fingerprint density at radius 1 is 1.07 bits per heavy atom. The van der Waals surface area contributed by atoms with Crippen molar-refractivity contribution in [1.29, 1.82) is 0 Å². The number of carbonyl (C=O) groups excluding carboxylic acids is 1. The van der Waals surface area contributed by atoms with Crippen LogP contribution in [0.2, 0.25) is 0 Å². The first kappa shape index (κ1) is 30.4. The topological polar surface area (TPSA) is 97.8 Å². The number of benzene rings is 2. The predicted molar refractivity (Wildman–Crippen MR) is 168 cm³/mol. The quantitative estimate of drug-likeness (QED) is 0.262. The van der Waals surface area contributed by atoms with E-state index in [0.717, 1.165) is 53.8 Å². The second-order valence-corrected chi connectivity index (χ2v) is 11.5. The number of piperidine rings is 1. The largest absolute Gasteiger partial charge is 0.497 e. The highest BCUT2D eigenvalue weighted by Gasteiger charge is 2.28. The van der Waals surface area contributed by atoms with Crippen LogP contribution in [-0.2, 0) is 24.4 Å². The Morgan fingerprint density at radius 3 is 2.58 bits per heavy atom. The fourth-order valence-corrected chi connectivity index (χ4v) is 6.15.